The predicted octanol–water partition coefficient (Wildman–Crippen LogP) is 2.98. The predicted molar refractivity (Wildman–Crippen MR) is 105 cm³/mol. The molecule has 3 aromatic rings. The number of carbonyl (C=O) groups is 1. The number of halogens is 2. The molecular weight excluding hydrogens is 402 g/mol. The van der Waals surface area contributed by atoms with Gasteiger partial charge in [0, 0.05) is 30.9 Å². The number of aromatic nitrogens is 2. The smallest absolute Gasteiger partial charge is 0.244 e. The van der Waals surface area contributed by atoms with Gasteiger partial charge in [0.2, 0.25) is 15.9 Å². The largest absolute Gasteiger partial charge is 0.325 e. The van der Waals surface area contributed by atoms with Gasteiger partial charge in [-0.3, -0.25) is 4.79 Å². The van der Waals surface area contributed by atoms with Gasteiger partial charge >= 0.3 is 0 Å². The first kappa shape index (κ1) is 20.9. The van der Waals surface area contributed by atoms with Crippen LogP contribution in [0.5, 0.6) is 0 Å². The van der Waals surface area contributed by atoms with Gasteiger partial charge in [0.05, 0.1) is 22.3 Å². The van der Waals surface area contributed by atoms with Gasteiger partial charge in [0.25, 0.3) is 0 Å². The number of carbonyl (C=O) groups excluding carboxylic acids is 1. The monoisotopic (exact) mass is 422 g/mol. The van der Waals surface area contributed by atoms with Gasteiger partial charge in [-0.25, -0.2) is 22.2 Å². The normalized spacial score (nSPS) is 11.9. The molecule has 3 rings (SSSR count). The van der Waals surface area contributed by atoms with Crippen molar-refractivity contribution in [1.29, 1.82) is 0 Å². The van der Waals surface area contributed by atoms with E-state index in [1.807, 2.05) is 0 Å². The second-order valence-electron chi connectivity index (χ2n) is 6.29. The second-order valence-corrected chi connectivity index (χ2v) is 8.23. The highest BCUT2D eigenvalue weighted by Crippen LogP contribution is 2.20. The molecule has 1 amide bonds. The number of anilines is 1. The Morgan fingerprint density at radius 2 is 1.72 bits per heavy atom. The number of imidazole rings is 1. The molecule has 0 unspecified atom stereocenters. The van der Waals surface area contributed by atoms with Crippen molar-refractivity contribution in [2.24, 2.45) is 0 Å². The van der Waals surface area contributed by atoms with E-state index < -0.39 is 27.6 Å². The van der Waals surface area contributed by atoms with E-state index in [9.17, 15) is 22.0 Å². The first-order chi connectivity index (χ1) is 13.8. The van der Waals surface area contributed by atoms with Crippen LogP contribution in [-0.2, 0) is 21.4 Å². The SMILES string of the molecule is CCN(CC)S(=O)(=O)c1ccc(NC(=O)Cn2cnc3cc(F)c(F)cc32)cc1. The van der Waals surface area contributed by atoms with Crippen molar-refractivity contribution in [3.05, 3.63) is 54.4 Å². The molecule has 29 heavy (non-hydrogen) atoms. The summed E-state index contributed by atoms with van der Waals surface area (Å²) < 4.78 is 54.4. The van der Waals surface area contributed by atoms with Gasteiger partial charge in [0.15, 0.2) is 11.6 Å². The second kappa shape index (κ2) is 8.26. The molecule has 154 valence electrons. The third-order valence-corrected chi connectivity index (χ3v) is 6.52. The van der Waals surface area contributed by atoms with Gasteiger partial charge in [0.1, 0.15) is 6.54 Å². The van der Waals surface area contributed by atoms with Crippen molar-refractivity contribution in [3.63, 3.8) is 0 Å². The first-order valence-electron chi connectivity index (χ1n) is 8.96. The molecule has 0 aliphatic rings. The van der Waals surface area contributed by atoms with Crippen LogP contribution < -0.4 is 5.32 Å². The molecule has 0 radical (unpaired) electrons. The van der Waals surface area contributed by atoms with Gasteiger partial charge in [-0.15, -0.1) is 0 Å². The highest BCUT2D eigenvalue weighted by atomic mass is 32.2. The Labute approximate surface area is 167 Å². The Hall–Kier alpha value is -2.85. The maximum absolute atomic E-state index is 13.5. The van der Waals surface area contributed by atoms with Crippen LogP contribution in [0.15, 0.2) is 47.6 Å². The Kier molecular flexibility index (Phi) is 5.94. The molecule has 0 aliphatic carbocycles. The van der Waals surface area contributed by atoms with E-state index in [4.69, 9.17) is 0 Å². The average molecular weight is 422 g/mol. The highest BCUT2D eigenvalue weighted by Gasteiger charge is 2.21. The maximum atomic E-state index is 13.5. The number of fused-ring (bicyclic) bond motifs is 1. The van der Waals surface area contributed by atoms with Crippen molar-refractivity contribution in [2.75, 3.05) is 18.4 Å². The Morgan fingerprint density at radius 1 is 1.10 bits per heavy atom. The molecule has 2 aromatic carbocycles. The maximum Gasteiger partial charge on any atom is 0.244 e. The summed E-state index contributed by atoms with van der Waals surface area (Å²) in [5.41, 5.74) is 0.942. The van der Waals surface area contributed by atoms with Crippen molar-refractivity contribution < 1.29 is 22.0 Å². The molecule has 0 atom stereocenters. The molecule has 0 saturated heterocycles. The molecule has 0 saturated carbocycles. The minimum Gasteiger partial charge on any atom is -0.325 e. The van der Waals surface area contributed by atoms with Crippen LogP contribution in [0.1, 0.15) is 13.8 Å². The number of hydrogen-bond acceptors (Lipinski definition) is 4. The molecule has 1 heterocycles. The van der Waals surface area contributed by atoms with Gasteiger partial charge in [-0.2, -0.15) is 4.31 Å². The molecule has 7 nitrogen and oxygen atoms in total. The quantitative estimate of drug-likeness (QED) is 0.635. The van der Waals surface area contributed by atoms with E-state index >= 15 is 0 Å². The molecule has 1 N–H and O–H groups in total. The fourth-order valence-electron chi connectivity index (χ4n) is 2.96. The Balaban J connectivity index is 1.73. The first-order valence-corrected chi connectivity index (χ1v) is 10.4. The van der Waals surface area contributed by atoms with E-state index in [1.165, 1.54) is 39.5 Å². The van der Waals surface area contributed by atoms with Crippen LogP contribution in [-0.4, -0.2) is 41.3 Å². The summed E-state index contributed by atoms with van der Waals surface area (Å²) in [4.78, 5) is 16.4. The van der Waals surface area contributed by atoms with Crippen molar-refractivity contribution >= 4 is 32.7 Å². The van der Waals surface area contributed by atoms with E-state index in [2.05, 4.69) is 10.3 Å². The van der Waals surface area contributed by atoms with Gasteiger partial charge < -0.3 is 9.88 Å². The van der Waals surface area contributed by atoms with Gasteiger partial charge in [-0.05, 0) is 24.3 Å². The highest BCUT2D eigenvalue weighted by molar-refractivity contribution is 7.89. The molecule has 0 fully saturated rings. The lowest BCUT2D eigenvalue weighted by atomic mass is 10.3. The van der Waals surface area contributed by atoms with E-state index in [1.54, 1.807) is 13.8 Å². The van der Waals surface area contributed by atoms with Crippen LogP contribution in [0.3, 0.4) is 0 Å². The summed E-state index contributed by atoms with van der Waals surface area (Å²) in [7, 11) is -3.58. The van der Waals surface area contributed by atoms with Crippen LogP contribution in [0.25, 0.3) is 11.0 Å². The number of benzene rings is 2. The molecule has 0 aliphatic heterocycles. The number of nitrogens with zero attached hydrogens (tertiary/aromatic N) is 3. The Bertz CT molecular complexity index is 1140. The molecule has 1 aromatic heterocycles. The van der Waals surface area contributed by atoms with E-state index in [0.717, 1.165) is 12.1 Å². The molecular formula is C19H20F2N4O3S. The lowest BCUT2D eigenvalue weighted by Gasteiger charge is -2.18. The zero-order chi connectivity index (χ0) is 21.2. The minimum absolute atomic E-state index is 0.136. The number of hydrogen-bond donors (Lipinski definition) is 1. The number of amides is 1. The van der Waals surface area contributed by atoms with Crippen molar-refractivity contribution in [3.8, 4) is 0 Å². The topological polar surface area (TPSA) is 84.3 Å². The zero-order valence-electron chi connectivity index (χ0n) is 15.9. The standard InChI is InChI=1S/C19H20F2N4O3S/c1-3-25(4-2)29(27,28)14-7-5-13(6-8-14)23-19(26)11-24-12-22-17-9-15(20)16(21)10-18(17)24/h5-10,12H,3-4,11H2,1-2H3,(H,23,26). The van der Waals surface area contributed by atoms with Gasteiger partial charge in [-0.1, -0.05) is 13.8 Å². The van der Waals surface area contributed by atoms with Crippen molar-refractivity contribution in [2.45, 2.75) is 25.3 Å². The van der Waals surface area contributed by atoms with E-state index in [-0.39, 0.29) is 17.0 Å². The van der Waals surface area contributed by atoms with Crippen LogP contribution in [0, 0.1) is 11.6 Å². The Morgan fingerprint density at radius 3 is 2.34 bits per heavy atom. The fourth-order valence-corrected chi connectivity index (χ4v) is 4.42. The minimum atomic E-state index is -3.58. The zero-order valence-corrected chi connectivity index (χ0v) is 16.7. The summed E-state index contributed by atoms with van der Waals surface area (Å²) in [5.74, 6) is -2.45. The summed E-state index contributed by atoms with van der Waals surface area (Å²) >= 11 is 0. The van der Waals surface area contributed by atoms with Crippen LogP contribution >= 0.6 is 0 Å². The van der Waals surface area contributed by atoms with Crippen LogP contribution in [0.4, 0.5) is 14.5 Å². The summed E-state index contributed by atoms with van der Waals surface area (Å²) in [6, 6.07) is 7.79. The molecule has 10 heteroatoms. The number of sulfonamides is 1. The third kappa shape index (κ3) is 4.28. The summed E-state index contributed by atoms with van der Waals surface area (Å²) in [6.07, 6.45) is 1.32. The third-order valence-electron chi connectivity index (χ3n) is 4.46. The summed E-state index contributed by atoms with van der Waals surface area (Å²) in [5, 5.41) is 2.64. The lowest BCUT2D eigenvalue weighted by molar-refractivity contribution is -0.116. The van der Waals surface area contributed by atoms with E-state index in [0.29, 0.717) is 24.3 Å². The number of nitrogens with one attached hydrogen (secondary N) is 1. The van der Waals surface area contributed by atoms with Crippen LogP contribution in [0.2, 0.25) is 0 Å². The number of rotatable bonds is 7. The van der Waals surface area contributed by atoms with Crippen molar-refractivity contribution in [1.82, 2.24) is 13.9 Å². The average Bonchev–Trinajstić information content (AvgIpc) is 3.04. The molecule has 0 spiro atoms. The lowest BCUT2D eigenvalue weighted by Crippen LogP contribution is -2.30. The fraction of sp³-hybridized carbons (Fsp3) is 0.263. The molecule has 0 bridgehead atoms. The summed E-state index contributed by atoms with van der Waals surface area (Å²) in [6.45, 7) is 4.08.